The highest BCUT2D eigenvalue weighted by Gasteiger charge is 2.50. The van der Waals surface area contributed by atoms with E-state index in [2.05, 4.69) is 10.3 Å². The average Bonchev–Trinajstić information content (AvgIpc) is 3.44. The van der Waals surface area contributed by atoms with Crippen molar-refractivity contribution in [3.05, 3.63) is 99.0 Å². The molecular formula is C32H30Cl2F3N5O3S. The number of carbonyl (C=O) groups excluding carboxylic acids is 1. The monoisotopic (exact) mass is 691 g/mol. The smallest absolute Gasteiger partial charge is 0.382 e. The van der Waals surface area contributed by atoms with E-state index in [1.165, 1.54) is 0 Å². The number of sulfonamides is 1. The van der Waals surface area contributed by atoms with E-state index in [1.54, 1.807) is 11.0 Å². The molecule has 2 saturated heterocycles. The largest absolute Gasteiger partial charge is 0.511 e. The van der Waals surface area contributed by atoms with Crippen molar-refractivity contribution in [2.45, 2.75) is 43.2 Å². The number of carbonyl (C=O) groups is 1. The number of halogens is 5. The summed E-state index contributed by atoms with van der Waals surface area (Å²) >= 11 is 12.5. The van der Waals surface area contributed by atoms with Gasteiger partial charge in [-0.25, -0.2) is 8.42 Å². The first-order valence-electron chi connectivity index (χ1n) is 14.7. The van der Waals surface area contributed by atoms with Crippen molar-refractivity contribution in [3.63, 3.8) is 0 Å². The molecule has 0 unspecified atom stereocenters. The Balaban J connectivity index is 1.46. The number of nitrogens with one attached hydrogen (secondary N) is 3. The van der Waals surface area contributed by atoms with Crippen LogP contribution in [0.5, 0.6) is 0 Å². The Bertz CT molecular complexity index is 1900. The van der Waals surface area contributed by atoms with E-state index in [1.807, 2.05) is 60.7 Å². The van der Waals surface area contributed by atoms with Gasteiger partial charge in [-0.05, 0) is 72.4 Å². The van der Waals surface area contributed by atoms with Gasteiger partial charge in [-0.2, -0.15) is 17.5 Å². The number of aromatic amines is 1. The zero-order valence-corrected chi connectivity index (χ0v) is 26.7. The van der Waals surface area contributed by atoms with Crippen LogP contribution in [0.1, 0.15) is 48.3 Å². The number of alkyl halides is 3. The number of benzene rings is 3. The van der Waals surface area contributed by atoms with Gasteiger partial charge in [0.2, 0.25) is 5.91 Å². The normalized spacial score (nSPS) is 16.9. The Morgan fingerprint density at radius 3 is 2.00 bits per heavy atom. The number of nitrogens with zero attached hydrogens (tertiary/aromatic N) is 2. The Morgan fingerprint density at radius 1 is 0.891 bits per heavy atom. The summed E-state index contributed by atoms with van der Waals surface area (Å²) in [6, 6.07) is 20.2. The lowest BCUT2D eigenvalue weighted by Gasteiger charge is -2.32. The van der Waals surface area contributed by atoms with Gasteiger partial charge in [0, 0.05) is 65.2 Å². The molecule has 0 spiro atoms. The van der Waals surface area contributed by atoms with Crippen LogP contribution in [0.2, 0.25) is 10.0 Å². The van der Waals surface area contributed by atoms with E-state index < -0.39 is 15.5 Å². The van der Waals surface area contributed by atoms with Crippen LogP contribution < -0.4 is 15.7 Å². The second-order valence-corrected chi connectivity index (χ2v) is 14.3. The van der Waals surface area contributed by atoms with Crippen molar-refractivity contribution < 1.29 is 26.4 Å². The molecule has 2 fully saturated rings. The molecule has 0 aliphatic carbocycles. The Morgan fingerprint density at radius 2 is 1.48 bits per heavy atom. The summed E-state index contributed by atoms with van der Waals surface area (Å²) in [6.07, 6.45) is 1.36. The molecule has 2 aliphatic heterocycles. The number of hydrogen-bond donors (Lipinski definition) is 3. The molecule has 14 heteroatoms. The van der Waals surface area contributed by atoms with Crippen LogP contribution in [0, 0.1) is 5.41 Å². The molecular weight excluding hydrogens is 662 g/mol. The minimum atomic E-state index is -5.41. The highest BCUT2D eigenvalue weighted by molar-refractivity contribution is 7.90. The Kier molecular flexibility index (Phi) is 8.83. The fourth-order valence-corrected chi connectivity index (χ4v) is 7.52. The van der Waals surface area contributed by atoms with Crippen molar-refractivity contribution in [3.8, 4) is 0 Å². The lowest BCUT2D eigenvalue weighted by Crippen LogP contribution is -2.47. The van der Waals surface area contributed by atoms with Crippen LogP contribution in [0.15, 0.2) is 66.7 Å². The first-order chi connectivity index (χ1) is 21.8. The van der Waals surface area contributed by atoms with Crippen LogP contribution in [0.4, 0.5) is 24.5 Å². The topological polar surface area (TPSA) is 109 Å². The number of anilines is 2. The number of rotatable bonds is 7. The second kappa shape index (κ2) is 12.6. The molecule has 3 N–H and O–H groups in total. The van der Waals surface area contributed by atoms with Gasteiger partial charge in [-0.1, -0.05) is 47.5 Å². The minimum absolute atomic E-state index is 0.0375. The molecule has 0 atom stereocenters. The van der Waals surface area contributed by atoms with Gasteiger partial charge in [0.15, 0.2) is 0 Å². The third kappa shape index (κ3) is 6.35. The molecule has 0 bridgehead atoms. The third-order valence-corrected chi connectivity index (χ3v) is 10.7. The number of hydrogen-bond acceptors (Lipinski definition) is 5. The number of fused-ring (bicyclic) bond motifs is 1. The van der Waals surface area contributed by atoms with Gasteiger partial charge in [0.05, 0.1) is 11.2 Å². The van der Waals surface area contributed by atoms with Gasteiger partial charge in [-0.15, -0.1) is 0 Å². The lowest BCUT2D eigenvalue weighted by molar-refractivity contribution is -0.117. The van der Waals surface area contributed by atoms with Gasteiger partial charge in [-0.3, -0.25) is 10.2 Å². The number of H-pyrrole nitrogens is 1. The molecule has 3 heterocycles. The van der Waals surface area contributed by atoms with E-state index in [-0.39, 0.29) is 49.3 Å². The Labute approximate surface area is 273 Å². The molecule has 8 nitrogen and oxygen atoms in total. The van der Waals surface area contributed by atoms with Crippen molar-refractivity contribution in [2.75, 3.05) is 29.9 Å². The molecule has 1 amide bonds. The van der Waals surface area contributed by atoms with Gasteiger partial charge in [0.1, 0.15) is 5.49 Å². The molecule has 242 valence electrons. The quantitative estimate of drug-likeness (QED) is 0.182. The second-order valence-electron chi connectivity index (χ2n) is 11.5. The maximum absolute atomic E-state index is 13.2. The van der Waals surface area contributed by atoms with E-state index in [0.717, 1.165) is 16.7 Å². The van der Waals surface area contributed by atoms with E-state index in [0.29, 0.717) is 56.0 Å². The highest BCUT2D eigenvalue weighted by Crippen LogP contribution is 2.40. The molecule has 6 rings (SSSR count). The van der Waals surface area contributed by atoms with Crippen LogP contribution in [-0.2, 0) is 14.8 Å². The number of aromatic nitrogens is 1. The van der Waals surface area contributed by atoms with Gasteiger partial charge >= 0.3 is 15.5 Å². The number of pyridine rings is 1. The number of amides is 1. The first-order valence-corrected chi connectivity index (χ1v) is 16.9. The van der Waals surface area contributed by atoms with Crippen LogP contribution in [0.3, 0.4) is 0 Å². The standard InChI is InChI=1S/C32H30Cl2F3N5O3S/c33-22-7-3-19(4-8-22)30(20-5-9-23(34)10-6-20)21-16-25-26(39-24-11-14-41(15-12-24)46(44,45)32(35,36)37)18-28(38)40-31(25)27(17-21)42-13-1-2-29(42)43/h3-10,16-18,24,30H,1-2,11-15H2,(H3,38,39,40). The predicted molar refractivity (Wildman–Crippen MR) is 173 cm³/mol. The summed E-state index contributed by atoms with van der Waals surface area (Å²) in [6.45, 7) is -0.0782. The van der Waals surface area contributed by atoms with Crippen molar-refractivity contribution in [1.29, 1.82) is 5.41 Å². The molecule has 4 aromatic rings. The highest BCUT2D eigenvalue weighted by atomic mass is 35.5. The summed E-state index contributed by atoms with van der Waals surface area (Å²) in [5, 5.41) is 13.8. The molecule has 3 aromatic carbocycles. The van der Waals surface area contributed by atoms with Crippen LogP contribution in [0.25, 0.3) is 10.9 Å². The van der Waals surface area contributed by atoms with Crippen molar-refractivity contribution in [1.82, 2.24) is 9.29 Å². The molecule has 1 aromatic heterocycles. The van der Waals surface area contributed by atoms with Crippen molar-refractivity contribution >= 4 is 61.4 Å². The number of piperidine rings is 1. The fourth-order valence-electron chi connectivity index (χ4n) is 6.28. The molecule has 2 aliphatic rings. The average molecular weight is 693 g/mol. The Hall–Kier alpha value is -3.58. The summed E-state index contributed by atoms with van der Waals surface area (Å²) in [4.78, 5) is 17.9. The zero-order chi connectivity index (χ0) is 32.8. The fraction of sp³-hybridized carbons (Fsp3) is 0.312. The summed E-state index contributed by atoms with van der Waals surface area (Å²) in [5.41, 5.74) is -0.813. The van der Waals surface area contributed by atoms with E-state index >= 15 is 0 Å². The third-order valence-electron chi connectivity index (χ3n) is 8.53. The first kappa shape index (κ1) is 32.4. The summed E-state index contributed by atoms with van der Waals surface area (Å²) < 4.78 is 63.8. The van der Waals surface area contributed by atoms with Crippen LogP contribution >= 0.6 is 23.2 Å². The maximum atomic E-state index is 13.2. The zero-order valence-electron chi connectivity index (χ0n) is 24.4. The van der Waals surface area contributed by atoms with Crippen LogP contribution in [-0.4, -0.2) is 54.8 Å². The summed E-state index contributed by atoms with van der Waals surface area (Å²) in [5.74, 6) is -0.334. The molecule has 0 radical (unpaired) electrons. The SMILES string of the molecule is N=c1cc(NC2CCN(S(=O)(=O)C(F)(F)F)CC2)c2cc(C(c3ccc(Cl)cc3)c3ccc(Cl)cc3)cc(N3CCCC3=O)c2[nH]1. The van der Waals surface area contributed by atoms with Gasteiger partial charge < -0.3 is 15.2 Å². The van der Waals surface area contributed by atoms with Crippen molar-refractivity contribution in [2.24, 2.45) is 0 Å². The summed E-state index contributed by atoms with van der Waals surface area (Å²) in [7, 11) is -5.41. The minimum Gasteiger partial charge on any atom is -0.382 e. The lowest BCUT2D eigenvalue weighted by atomic mass is 9.84. The van der Waals surface area contributed by atoms with E-state index in [4.69, 9.17) is 28.6 Å². The maximum Gasteiger partial charge on any atom is 0.511 e. The predicted octanol–water partition coefficient (Wildman–Crippen LogP) is 6.99. The molecule has 46 heavy (non-hydrogen) atoms. The van der Waals surface area contributed by atoms with E-state index in [9.17, 15) is 26.4 Å². The van der Waals surface area contributed by atoms with Gasteiger partial charge in [0.25, 0.3) is 0 Å². The molecule has 0 saturated carbocycles.